The SMILES string of the molecule is O=C(NCC#Cc1ccccc1F)c1ccccc1Cl. The second-order valence-electron chi connectivity index (χ2n) is 3.94. The Hall–Kier alpha value is -2.31. The van der Waals surface area contributed by atoms with Crippen LogP contribution in [0.2, 0.25) is 5.02 Å². The minimum absolute atomic E-state index is 0.123. The summed E-state index contributed by atoms with van der Waals surface area (Å²) >= 11 is 5.90. The van der Waals surface area contributed by atoms with Crippen molar-refractivity contribution in [3.05, 3.63) is 70.5 Å². The number of amides is 1. The lowest BCUT2D eigenvalue weighted by Gasteiger charge is -2.02. The number of hydrogen-bond donors (Lipinski definition) is 1. The molecule has 0 unspecified atom stereocenters. The molecule has 2 nitrogen and oxygen atoms in total. The molecule has 0 aliphatic carbocycles. The van der Waals surface area contributed by atoms with Crippen molar-refractivity contribution in [3.8, 4) is 11.8 Å². The molecule has 0 atom stereocenters. The van der Waals surface area contributed by atoms with Crippen molar-refractivity contribution in [2.45, 2.75) is 0 Å². The standard InChI is InChI=1S/C16H11ClFNO/c17-14-9-3-2-8-13(14)16(20)19-11-5-7-12-6-1-4-10-15(12)18/h1-4,6,8-10H,11H2,(H,19,20). The summed E-state index contributed by atoms with van der Waals surface area (Å²) < 4.78 is 13.3. The van der Waals surface area contributed by atoms with Crippen LogP contribution in [-0.4, -0.2) is 12.5 Å². The zero-order chi connectivity index (χ0) is 14.4. The zero-order valence-corrected chi connectivity index (χ0v) is 11.2. The van der Waals surface area contributed by atoms with Crippen molar-refractivity contribution in [3.63, 3.8) is 0 Å². The van der Waals surface area contributed by atoms with Crippen molar-refractivity contribution < 1.29 is 9.18 Å². The molecule has 1 N–H and O–H groups in total. The zero-order valence-electron chi connectivity index (χ0n) is 10.5. The van der Waals surface area contributed by atoms with Gasteiger partial charge in [0.1, 0.15) is 5.82 Å². The van der Waals surface area contributed by atoms with Gasteiger partial charge in [0, 0.05) is 0 Å². The first kappa shape index (κ1) is 14.1. The third kappa shape index (κ3) is 3.59. The Morgan fingerprint density at radius 2 is 1.85 bits per heavy atom. The fraction of sp³-hybridized carbons (Fsp3) is 0.0625. The fourth-order valence-electron chi connectivity index (χ4n) is 1.57. The summed E-state index contributed by atoms with van der Waals surface area (Å²) in [5.41, 5.74) is 0.696. The Labute approximate surface area is 121 Å². The summed E-state index contributed by atoms with van der Waals surface area (Å²) in [6.07, 6.45) is 0. The number of carbonyl (C=O) groups is 1. The predicted octanol–water partition coefficient (Wildman–Crippen LogP) is 3.26. The lowest BCUT2D eigenvalue weighted by atomic mass is 10.2. The normalized spacial score (nSPS) is 9.50. The van der Waals surface area contributed by atoms with E-state index in [0.717, 1.165) is 0 Å². The van der Waals surface area contributed by atoms with Crippen LogP contribution in [0, 0.1) is 17.7 Å². The molecular weight excluding hydrogens is 277 g/mol. The molecule has 0 saturated heterocycles. The average molecular weight is 288 g/mol. The van der Waals surface area contributed by atoms with Gasteiger partial charge in [-0.3, -0.25) is 4.79 Å². The van der Waals surface area contributed by atoms with E-state index in [1.54, 1.807) is 42.5 Å². The van der Waals surface area contributed by atoms with Gasteiger partial charge in [0.25, 0.3) is 5.91 Å². The van der Waals surface area contributed by atoms with E-state index in [2.05, 4.69) is 17.2 Å². The molecule has 2 aromatic carbocycles. The van der Waals surface area contributed by atoms with E-state index in [4.69, 9.17) is 11.6 Å². The van der Waals surface area contributed by atoms with Crippen LogP contribution < -0.4 is 5.32 Å². The van der Waals surface area contributed by atoms with Crippen molar-refractivity contribution in [1.82, 2.24) is 5.32 Å². The molecule has 0 radical (unpaired) electrons. The van der Waals surface area contributed by atoms with Gasteiger partial charge in [0.15, 0.2) is 0 Å². The number of nitrogens with one attached hydrogen (secondary N) is 1. The molecule has 0 aromatic heterocycles. The van der Waals surface area contributed by atoms with Gasteiger partial charge >= 0.3 is 0 Å². The monoisotopic (exact) mass is 287 g/mol. The third-order valence-corrected chi connectivity index (χ3v) is 2.88. The molecule has 0 spiro atoms. The third-order valence-electron chi connectivity index (χ3n) is 2.55. The molecule has 1 amide bonds. The first-order valence-corrected chi connectivity index (χ1v) is 6.32. The van der Waals surface area contributed by atoms with E-state index in [1.165, 1.54) is 6.07 Å². The molecular formula is C16H11ClFNO. The maximum atomic E-state index is 13.3. The highest BCUT2D eigenvalue weighted by Gasteiger charge is 2.07. The largest absolute Gasteiger partial charge is 0.341 e. The quantitative estimate of drug-likeness (QED) is 0.844. The summed E-state index contributed by atoms with van der Waals surface area (Å²) in [6.45, 7) is 0.123. The number of rotatable bonds is 2. The van der Waals surface area contributed by atoms with Gasteiger partial charge in [-0.15, -0.1) is 0 Å². The topological polar surface area (TPSA) is 29.1 Å². The minimum atomic E-state index is -0.377. The number of carbonyl (C=O) groups excluding carboxylic acids is 1. The van der Waals surface area contributed by atoms with Crippen LogP contribution in [0.1, 0.15) is 15.9 Å². The second-order valence-corrected chi connectivity index (χ2v) is 4.35. The number of benzene rings is 2. The highest BCUT2D eigenvalue weighted by molar-refractivity contribution is 6.33. The summed E-state index contributed by atoms with van der Waals surface area (Å²) in [5.74, 6) is 4.67. The van der Waals surface area contributed by atoms with Crippen LogP contribution in [0.4, 0.5) is 4.39 Å². The van der Waals surface area contributed by atoms with E-state index in [9.17, 15) is 9.18 Å². The van der Waals surface area contributed by atoms with E-state index in [1.807, 2.05) is 0 Å². The van der Waals surface area contributed by atoms with E-state index in [0.29, 0.717) is 16.1 Å². The van der Waals surface area contributed by atoms with Gasteiger partial charge in [0.05, 0.1) is 22.7 Å². The van der Waals surface area contributed by atoms with Crippen LogP contribution in [0.15, 0.2) is 48.5 Å². The van der Waals surface area contributed by atoms with Gasteiger partial charge in [0.2, 0.25) is 0 Å². The molecule has 2 rings (SSSR count). The second kappa shape index (κ2) is 6.74. The van der Waals surface area contributed by atoms with Gasteiger partial charge in [-0.2, -0.15) is 0 Å². The first-order chi connectivity index (χ1) is 9.68. The molecule has 4 heteroatoms. The van der Waals surface area contributed by atoms with E-state index in [-0.39, 0.29) is 18.3 Å². The predicted molar refractivity (Wildman–Crippen MR) is 77.1 cm³/mol. The first-order valence-electron chi connectivity index (χ1n) is 5.94. The van der Waals surface area contributed by atoms with Gasteiger partial charge in [-0.25, -0.2) is 4.39 Å². The Morgan fingerprint density at radius 3 is 2.60 bits per heavy atom. The minimum Gasteiger partial charge on any atom is -0.341 e. The molecule has 0 aliphatic rings. The van der Waals surface area contributed by atoms with Crippen molar-refractivity contribution in [2.75, 3.05) is 6.54 Å². The van der Waals surface area contributed by atoms with Crippen LogP contribution in [0.5, 0.6) is 0 Å². The van der Waals surface area contributed by atoms with Crippen molar-refractivity contribution in [2.24, 2.45) is 0 Å². The Balaban J connectivity index is 1.96. The number of hydrogen-bond acceptors (Lipinski definition) is 1. The summed E-state index contributed by atoms with van der Waals surface area (Å²) in [5, 5.41) is 2.99. The molecule has 0 bridgehead atoms. The van der Waals surface area contributed by atoms with Crippen LogP contribution >= 0.6 is 11.6 Å². The summed E-state index contributed by atoms with van der Waals surface area (Å²) in [6, 6.07) is 13.0. The average Bonchev–Trinajstić information content (AvgIpc) is 2.45. The highest BCUT2D eigenvalue weighted by Crippen LogP contribution is 2.14. The fourth-order valence-corrected chi connectivity index (χ4v) is 1.79. The summed E-state index contributed by atoms with van der Waals surface area (Å²) in [7, 11) is 0. The summed E-state index contributed by atoms with van der Waals surface area (Å²) in [4.78, 5) is 11.8. The van der Waals surface area contributed by atoms with Gasteiger partial charge < -0.3 is 5.32 Å². The van der Waals surface area contributed by atoms with Crippen LogP contribution in [0.3, 0.4) is 0 Å². The lowest BCUT2D eigenvalue weighted by Crippen LogP contribution is -2.23. The Morgan fingerprint density at radius 1 is 1.15 bits per heavy atom. The molecule has 0 fully saturated rings. The lowest BCUT2D eigenvalue weighted by molar-refractivity contribution is 0.0959. The molecule has 0 aliphatic heterocycles. The van der Waals surface area contributed by atoms with Crippen LogP contribution in [0.25, 0.3) is 0 Å². The van der Waals surface area contributed by atoms with E-state index < -0.39 is 0 Å². The smallest absolute Gasteiger partial charge is 0.253 e. The highest BCUT2D eigenvalue weighted by atomic mass is 35.5. The molecule has 0 heterocycles. The van der Waals surface area contributed by atoms with Crippen LogP contribution in [-0.2, 0) is 0 Å². The van der Waals surface area contributed by atoms with Gasteiger partial charge in [-0.1, -0.05) is 47.7 Å². The Bertz CT molecular complexity index is 688. The molecule has 20 heavy (non-hydrogen) atoms. The van der Waals surface area contributed by atoms with Gasteiger partial charge in [-0.05, 0) is 24.3 Å². The van der Waals surface area contributed by atoms with Crippen molar-refractivity contribution in [1.29, 1.82) is 0 Å². The maximum Gasteiger partial charge on any atom is 0.253 e. The Kier molecular flexibility index (Phi) is 4.75. The molecule has 2 aromatic rings. The maximum absolute atomic E-state index is 13.3. The number of halogens is 2. The van der Waals surface area contributed by atoms with Crippen molar-refractivity contribution >= 4 is 17.5 Å². The molecule has 0 saturated carbocycles. The van der Waals surface area contributed by atoms with E-state index >= 15 is 0 Å². The molecule has 100 valence electrons.